The summed E-state index contributed by atoms with van der Waals surface area (Å²) in [6.45, 7) is 9.31. The quantitative estimate of drug-likeness (QED) is 0.802. The zero-order chi connectivity index (χ0) is 17.5. The second-order valence-electron chi connectivity index (χ2n) is 6.30. The third-order valence-electron chi connectivity index (χ3n) is 4.36. The van der Waals surface area contributed by atoms with E-state index >= 15 is 0 Å². The number of nitrogens with zero attached hydrogens (tertiary/aromatic N) is 2. The van der Waals surface area contributed by atoms with Crippen molar-refractivity contribution in [2.75, 3.05) is 13.1 Å². The Labute approximate surface area is 148 Å². The molecule has 5 nitrogen and oxygen atoms in total. The smallest absolute Gasteiger partial charge is 0.318 e. The lowest BCUT2D eigenvalue weighted by atomic mass is 10.0. The van der Waals surface area contributed by atoms with Gasteiger partial charge in [-0.05, 0) is 44.6 Å². The molecule has 1 aliphatic rings. The fourth-order valence-electron chi connectivity index (χ4n) is 2.98. The van der Waals surface area contributed by atoms with Gasteiger partial charge in [0.25, 0.3) is 0 Å². The molecule has 1 aliphatic heterocycles. The van der Waals surface area contributed by atoms with Crippen LogP contribution in [0.5, 0.6) is 0 Å². The summed E-state index contributed by atoms with van der Waals surface area (Å²) < 4.78 is 0. The van der Waals surface area contributed by atoms with E-state index in [-0.39, 0.29) is 18.0 Å². The average molecular weight is 350 g/mol. The number of amides is 3. The molecule has 132 valence electrons. The highest BCUT2D eigenvalue weighted by Gasteiger charge is 2.28. The van der Waals surface area contributed by atoms with Gasteiger partial charge in [-0.1, -0.05) is 12.1 Å². The van der Waals surface area contributed by atoms with Gasteiger partial charge in [0.05, 0.1) is 6.54 Å². The molecule has 0 aliphatic carbocycles. The van der Waals surface area contributed by atoms with E-state index in [1.54, 1.807) is 29.2 Å². The van der Waals surface area contributed by atoms with Crippen LogP contribution in [0.15, 0.2) is 30.2 Å². The maximum absolute atomic E-state index is 12.6. The molecule has 24 heavy (non-hydrogen) atoms. The molecule has 2 rings (SSSR count). The lowest BCUT2D eigenvalue weighted by molar-refractivity contribution is -0.136. The minimum Gasteiger partial charge on any atom is -0.338 e. The standard InChI is InChI=1S/C18H27N3O2S/c1-4-10-20(13-16-9-7-12-24-16)18(23)19-15(3)17(22)21-11-6-5-8-14(21)2/h4,7,9,12,14-15H,1,5-6,8,10-11,13H2,2-3H3,(H,19,23)/t14-,15-/m1/s1. The number of likely N-dealkylation sites (tertiary alicyclic amines) is 1. The summed E-state index contributed by atoms with van der Waals surface area (Å²) in [5, 5.41) is 4.84. The summed E-state index contributed by atoms with van der Waals surface area (Å²) in [6, 6.07) is 3.47. The minimum atomic E-state index is -0.520. The van der Waals surface area contributed by atoms with E-state index < -0.39 is 6.04 Å². The third kappa shape index (κ3) is 4.84. The molecule has 1 fully saturated rings. The van der Waals surface area contributed by atoms with Gasteiger partial charge >= 0.3 is 6.03 Å². The highest BCUT2D eigenvalue weighted by atomic mass is 32.1. The predicted molar refractivity (Wildman–Crippen MR) is 97.9 cm³/mol. The van der Waals surface area contributed by atoms with Crippen LogP contribution in [0, 0.1) is 0 Å². The average Bonchev–Trinajstić information content (AvgIpc) is 3.07. The van der Waals surface area contributed by atoms with Crippen molar-refractivity contribution in [2.24, 2.45) is 0 Å². The Morgan fingerprint density at radius 3 is 2.96 bits per heavy atom. The molecule has 2 atom stereocenters. The molecule has 0 aromatic carbocycles. The Hall–Kier alpha value is -1.82. The monoisotopic (exact) mass is 349 g/mol. The van der Waals surface area contributed by atoms with E-state index in [4.69, 9.17) is 0 Å². The molecule has 0 bridgehead atoms. The van der Waals surface area contributed by atoms with E-state index in [1.165, 1.54) is 6.42 Å². The van der Waals surface area contributed by atoms with Crippen LogP contribution < -0.4 is 5.32 Å². The van der Waals surface area contributed by atoms with E-state index in [0.717, 1.165) is 24.3 Å². The van der Waals surface area contributed by atoms with Crippen LogP contribution in [0.3, 0.4) is 0 Å². The first kappa shape index (κ1) is 18.5. The van der Waals surface area contributed by atoms with Crippen molar-refractivity contribution in [2.45, 2.75) is 51.7 Å². The Morgan fingerprint density at radius 1 is 1.54 bits per heavy atom. The summed E-state index contributed by atoms with van der Waals surface area (Å²) in [5.74, 6) is 0.00484. The molecular weight excluding hydrogens is 322 g/mol. The number of carbonyl (C=O) groups is 2. The van der Waals surface area contributed by atoms with Gasteiger partial charge in [-0.3, -0.25) is 4.79 Å². The van der Waals surface area contributed by atoms with Crippen LogP contribution in [0.1, 0.15) is 38.0 Å². The Morgan fingerprint density at radius 2 is 2.33 bits per heavy atom. The molecule has 1 aromatic rings. The van der Waals surface area contributed by atoms with E-state index in [0.29, 0.717) is 13.1 Å². The second-order valence-corrected chi connectivity index (χ2v) is 7.33. The first-order chi connectivity index (χ1) is 11.5. The maximum Gasteiger partial charge on any atom is 0.318 e. The van der Waals surface area contributed by atoms with Crippen LogP contribution in [0.2, 0.25) is 0 Å². The second kappa shape index (κ2) is 8.87. The van der Waals surface area contributed by atoms with Crippen molar-refractivity contribution in [1.82, 2.24) is 15.1 Å². The van der Waals surface area contributed by atoms with Gasteiger partial charge in [0, 0.05) is 24.0 Å². The Bertz CT molecular complexity index is 559. The van der Waals surface area contributed by atoms with Gasteiger partial charge in [-0.25, -0.2) is 4.79 Å². The number of nitrogens with one attached hydrogen (secondary N) is 1. The van der Waals surface area contributed by atoms with Gasteiger partial charge in [0.1, 0.15) is 6.04 Å². The van der Waals surface area contributed by atoms with Crippen LogP contribution in [-0.4, -0.2) is 46.9 Å². The molecule has 2 heterocycles. The van der Waals surface area contributed by atoms with Crippen LogP contribution in [-0.2, 0) is 11.3 Å². The number of piperidine rings is 1. The highest BCUT2D eigenvalue weighted by molar-refractivity contribution is 7.09. The van der Waals surface area contributed by atoms with E-state index in [2.05, 4.69) is 18.8 Å². The molecule has 0 unspecified atom stereocenters. The molecule has 6 heteroatoms. The lowest BCUT2D eigenvalue weighted by Gasteiger charge is -2.35. The van der Waals surface area contributed by atoms with Crippen LogP contribution in [0.25, 0.3) is 0 Å². The zero-order valence-electron chi connectivity index (χ0n) is 14.5. The van der Waals surface area contributed by atoms with Gasteiger partial charge in [-0.2, -0.15) is 0 Å². The SMILES string of the molecule is C=CCN(Cc1cccs1)C(=O)N[C@H](C)C(=O)N1CCCC[C@H]1C. The highest BCUT2D eigenvalue weighted by Crippen LogP contribution is 2.17. The number of carbonyl (C=O) groups excluding carboxylic acids is 2. The third-order valence-corrected chi connectivity index (χ3v) is 5.22. The molecule has 1 saturated heterocycles. The molecule has 0 saturated carbocycles. The fraction of sp³-hybridized carbons (Fsp3) is 0.556. The van der Waals surface area contributed by atoms with Crippen molar-refractivity contribution >= 4 is 23.3 Å². The van der Waals surface area contributed by atoms with E-state index in [1.807, 2.05) is 22.4 Å². The number of hydrogen-bond donors (Lipinski definition) is 1. The first-order valence-electron chi connectivity index (χ1n) is 8.52. The largest absolute Gasteiger partial charge is 0.338 e. The molecule has 0 spiro atoms. The van der Waals surface area contributed by atoms with Gasteiger partial charge < -0.3 is 15.1 Å². The molecule has 0 radical (unpaired) electrons. The van der Waals surface area contributed by atoms with Crippen LogP contribution in [0.4, 0.5) is 4.79 Å². The van der Waals surface area contributed by atoms with Crippen molar-refractivity contribution in [3.05, 3.63) is 35.0 Å². The molecule has 1 aromatic heterocycles. The minimum absolute atomic E-state index is 0.00484. The number of thiophene rings is 1. The Kier molecular flexibility index (Phi) is 6.85. The summed E-state index contributed by atoms with van der Waals surface area (Å²) in [6.07, 6.45) is 4.94. The molecule has 3 amide bonds. The van der Waals surface area contributed by atoms with Gasteiger partial charge in [0.2, 0.25) is 5.91 Å². The zero-order valence-corrected chi connectivity index (χ0v) is 15.3. The Balaban J connectivity index is 1.94. The first-order valence-corrected chi connectivity index (χ1v) is 9.40. The normalized spacial score (nSPS) is 18.8. The number of hydrogen-bond acceptors (Lipinski definition) is 3. The summed E-state index contributed by atoms with van der Waals surface area (Å²) in [4.78, 5) is 29.8. The summed E-state index contributed by atoms with van der Waals surface area (Å²) >= 11 is 1.61. The summed E-state index contributed by atoms with van der Waals surface area (Å²) in [5.41, 5.74) is 0. The van der Waals surface area contributed by atoms with E-state index in [9.17, 15) is 9.59 Å². The maximum atomic E-state index is 12.6. The summed E-state index contributed by atoms with van der Waals surface area (Å²) in [7, 11) is 0. The van der Waals surface area contributed by atoms with Crippen molar-refractivity contribution < 1.29 is 9.59 Å². The topological polar surface area (TPSA) is 52.7 Å². The fourth-order valence-corrected chi connectivity index (χ4v) is 3.70. The number of urea groups is 1. The van der Waals surface area contributed by atoms with Gasteiger partial charge in [-0.15, -0.1) is 17.9 Å². The lowest BCUT2D eigenvalue weighted by Crippen LogP contribution is -2.53. The van der Waals surface area contributed by atoms with Crippen molar-refractivity contribution in [3.63, 3.8) is 0 Å². The van der Waals surface area contributed by atoms with Crippen molar-refractivity contribution in [1.29, 1.82) is 0 Å². The predicted octanol–water partition coefficient (Wildman–Crippen LogP) is 3.24. The molecular formula is C18H27N3O2S. The van der Waals surface area contributed by atoms with Crippen LogP contribution >= 0.6 is 11.3 Å². The van der Waals surface area contributed by atoms with Crippen molar-refractivity contribution in [3.8, 4) is 0 Å². The number of rotatable bonds is 6. The van der Waals surface area contributed by atoms with Gasteiger partial charge in [0.15, 0.2) is 0 Å². The molecule has 1 N–H and O–H groups in total.